The van der Waals surface area contributed by atoms with Crippen LogP contribution in [0.5, 0.6) is 0 Å². The Balaban J connectivity index is 2.07. The van der Waals surface area contributed by atoms with Crippen molar-refractivity contribution in [2.24, 2.45) is 0 Å². The molecule has 0 bridgehead atoms. The molecule has 21 heavy (non-hydrogen) atoms. The van der Waals surface area contributed by atoms with E-state index in [4.69, 9.17) is 0 Å². The lowest BCUT2D eigenvalue weighted by Crippen LogP contribution is -2.34. The Kier molecular flexibility index (Phi) is 4.99. The van der Waals surface area contributed by atoms with Crippen molar-refractivity contribution in [2.75, 3.05) is 10.6 Å². The first-order valence-corrected chi connectivity index (χ1v) is 7.29. The summed E-state index contributed by atoms with van der Waals surface area (Å²) in [6.45, 7) is 6.12. The van der Waals surface area contributed by atoms with E-state index in [9.17, 15) is 4.79 Å². The van der Waals surface area contributed by atoms with Crippen LogP contribution < -0.4 is 10.6 Å². The zero-order valence-electron chi connectivity index (χ0n) is 12.8. The van der Waals surface area contributed by atoms with Gasteiger partial charge in [0.25, 0.3) is 0 Å². The van der Waals surface area contributed by atoms with Crippen molar-refractivity contribution in [3.05, 3.63) is 59.7 Å². The van der Waals surface area contributed by atoms with Gasteiger partial charge in [0.15, 0.2) is 0 Å². The van der Waals surface area contributed by atoms with Gasteiger partial charge in [0.2, 0.25) is 5.91 Å². The number of anilines is 2. The molecule has 0 aliphatic heterocycles. The van der Waals surface area contributed by atoms with Crippen LogP contribution in [0.15, 0.2) is 48.5 Å². The molecular formula is C18H22N2O. The summed E-state index contributed by atoms with van der Waals surface area (Å²) >= 11 is 0. The number of para-hydroxylation sites is 1. The van der Waals surface area contributed by atoms with E-state index in [0.717, 1.165) is 17.8 Å². The van der Waals surface area contributed by atoms with Gasteiger partial charge >= 0.3 is 0 Å². The highest BCUT2D eigenvalue weighted by atomic mass is 16.2. The van der Waals surface area contributed by atoms with Crippen molar-refractivity contribution >= 4 is 17.3 Å². The van der Waals surface area contributed by atoms with E-state index >= 15 is 0 Å². The van der Waals surface area contributed by atoms with E-state index in [2.05, 4.69) is 42.7 Å². The number of nitrogens with one attached hydrogen (secondary N) is 2. The summed E-state index contributed by atoms with van der Waals surface area (Å²) < 4.78 is 0. The van der Waals surface area contributed by atoms with Gasteiger partial charge in [-0.3, -0.25) is 4.79 Å². The molecule has 2 N–H and O–H groups in total. The second-order valence-corrected chi connectivity index (χ2v) is 5.34. The fraction of sp³-hybridized carbons (Fsp3) is 0.278. The summed E-state index contributed by atoms with van der Waals surface area (Å²) in [5.41, 5.74) is 4.19. The molecule has 2 aromatic rings. The summed E-state index contributed by atoms with van der Waals surface area (Å²) in [4.78, 5) is 12.3. The van der Waals surface area contributed by atoms with Crippen molar-refractivity contribution in [3.63, 3.8) is 0 Å². The molecule has 3 nitrogen and oxygen atoms in total. The van der Waals surface area contributed by atoms with E-state index in [0.29, 0.717) is 0 Å². The molecule has 0 saturated carbocycles. The van der Waals surface area contributed by atoms with Crippen LogP contribution in [0.1, 0.15) is 24.5 Å². The number of hydrogen-bond acceptors (Lipinski definition) is 2. The summed E-state index contributed by atoms with van der Waals surface area (Å²) in [5, 5.41) is 6.26. The zero-order valence-corrected chi connectivity index (χ0v) is 12.8. The van der Waals surface area contributed by atoms with Crippen LogP contribution in [0.25, 0.3) is 0 Å². The average Bonchev–Trinajstić information content (AvgIpc) is 2.44. The summed E-state index contributed by atoms with van der Waals surface area (Å²) in [5.74, 6) is -0.0112. The van der Waals surface area contributed by atoms with Crippen molar-refractivity contribution in [3.8, 4) is 0 Å². The molecule has 0 aliphatic rings. The molecular weight excluding hydrogens is 260 g/mol. The van der Waals surface area contributed by atoms with Gasteiger partial charge in [-0.2, -0.15) is 0 Å². The fourth-order valence-electron chi connectivity index (χ4n) is 2.36. The monoisotopic (exact) mass is 282 g/mol. The highest BCUT2D eigenvalue weighted by molar-refractivity contribution is 5.96. The van der Waals surface area contributed by atoms with Crippen molar-refractivity contribution in [1.29, 1.82) is 0 Å². The first-order valence-electron chi connectivity index (χ1n) is 7.29. The number of benzene rings is 2. The third-order valence-electron chi connectivity index (χ3n) is 3.33. The zero-order chi connectivity index (χ0) is 15.2. The van der Waals surface area contributed by atoms with Gasteiger partial charge in [-0.25, -0.2) is 0 Å². The minimum Gasteiger partial charge on any atom is -0.374 e. The third-order valence-corrected chi connectivity index (χ3v) is 3.33. The van der Waals surface area contributed by atoms with E-state index in [1.54, 1.807) is 0 Å². The fourth-order valence-corrected chi connectivity index (χ4v) is 2.36. The maximum atomic E-state index is 12.3. The molecule has 2 rings (SSSR count). The second-order valence-electron chi connectivity index (χ2n) is 5.34. The first-order chi connectivity index (χ1) is 10.1. The predicted octanol–water partition coefficient (Wildman–Crippen LogP) is 4.13. The first kappa shape index (κ1) is 15.1. The molecule has 0 spiro atoms. The minimum absolute atomic E-state index is 0.0112. The Morgan fingerprint density at radius 3 is 2.19 bits per heavy atom. The summed E-state index contributed by atoms with van der Waals surface area (Å²) in [6, 6.07) is 15.5. The van der Waals surface area contributed by atoms with Crippen LogP contribution >= 0.6 is 0 Å². The number of carbonyl (C=O) groups is 1. The largest absolute Gasteiger partial charge is 0.374 e. The smallest absolute Gasteiger partial charge is 0.246 e. The van der Waals surface area contributed by atoms with Crippen LogP contribution in [0.2, 0.25) is 0 Å². The molecule has 0 aromatic heterocycles. The van der Waals surface area contributed by atoms with Crippen LogP contribution in [-0.4, -0.2) is 11.9 Å². The number of rotatable bonds is 5. The number of carbonyl (C=O) groups excluding carboxylic acids is 1. The maximum Gasteiger partial charge on any atom is 0.246 e. The van der Waals surface area contributed by atoms with Crippen LogP contribution in [0.3, 0.4) is 0 Å². The van der Waals surface area contributed by atoms with E-state index in [1.165, 1.54) is 11.1 Å². The molecule has 110 valence electrons. The Labute approximate surface area is 126 Å². The predicted molar refractivity (Wildman–Crippen MR) is 88.7 cm³/mol. The van der Waals surface area contributed by atoms with Crippen molar-refractivity contribution in [2.45, 2.75) is 33.2 Å². The summed E-state index contributed by atoms with van der Waals surface area (Å²) in [7, 11) is 0. The lowest BCUT2D eigenvalue weighted by atomic mass is 10.1. The van der Waals surface area contributed by atoms with Gasteiger partial charge in [0, 0.05) is 11.4 Å². The van der Waals surface area contributed by atoms with Crippen LogP contribution in [0, 0.1) is 13.8 Å². The van der Waals surface area contributed by atoms with Gasteiger partial charge in [-0.05, 0) is 55.7 Å². The number of amides is 1. The Bertz CT molecular complexity index is 588. The SMILES string of the molecule is CC[C@H](Nc1cc(C)cc(C)c1)C(=O)Nc1ccccc1. The normalized spacial score (nSPS) is 11.8. The maximum absolute atomic E-state index is 12.3. The molecule has 0 radical (unpaired) electrons. The van der Waals surface area contributed by atoms with E-state index < -0.39 is 0 Å². The number of hydrogen-bond donors (Lipinski definition) is 2. The highest BCUT2D eigenvalue weighted by Crippen LogP contribution is 2.16. The molecule has 1 amide bonds. The van der Waals surface area contributed by atoms with Gasteiger partial charge in [0.1, 0.15) is 6.04 Å². The standard InChI is InChI=1S/C18H22N2O/c1-4-17(18(21)20-15-8-6-5-7-9-15)19-16-11-13(2)10-14(3)12-16/h5-12,17,19H,4H2,1-3H3,(H,20,21)/t17-/m0/s1. The minimum atomic E-state index is -0.244. The molecule has 3 heteroatoms. The van der Waals surface area contributed by atoms with Crippen molar-refractivity contribution in [1.82, 2.24) is 0 Å². The number of aryl methyl sites for hydroxylation is 2. The lowest BCUT2D eigenvalue weighted by molar-refractivity contribution is -0.116. The topological polar surface area (TPSA) is 41.1 Å². The van der Waals surface area contributed by atoms with Gasteiger partial charge in [-0.15, -0.1) is 0 Å². The quantitative estimate of drug-likeness (QED) is 0.865. The lowest BCUT2D eigenvalue weighted by Gasteiger charge is -2.18. The van der Waals surface area contributed by atoms with Gasteiger partial charge < -0.3 is 10.6 Å². The average molecular weight is 282 g/mol. The highest BCUT2D eigenvalue weighted by Gasteiger charge is 2.16. The summed E-state index contributed by atoms with van der Waals surface area (Å²) in [6.07, 6.45) is 0.728. The molecule has 0 unspecified atom stereocenters. The van der Waals surface area contributed by atoms with Gasteiger partial charge in [-0.1, -0.05) is 31.2 Å². The van der Waals surface area contributed by atoms with E-state index in [-0.39, 0.29) is 11.9 Å². The Morgan fingerprint density at radius 1 is 1.00 bits per heavy atom. The van der Waals surface area contributed by atoms with Gasteiger partial charge in [0.05, 0.1) is 0 Å². The Hall–Kier alpha value is -2.29. The molecule has 1 atom stereocenters. The second kappa shape index (κ2) is 6.93. The Morgan fingerprint density at radius 2 is 1.62 bits per heavy atom. The van der Waals surface area contributed by atoms with Crippen LogP contribution in [-0.2, 0) is 4.79 Å². The molecule has 0 fully saturated rings. The third kappa shape index (κ3) is 4.35. The molecule has 0 saturated heterocycles. The molecule has 2 aromatic carbocycles. The molecule has 0 heterocycles. The van der Waals surface area contributed by atoms with Crippen LogP contribution in [0.4, 0.5) is 11.4 Å². The van der Waals surface area contributed by atoms with Crippen molar-refractivity contribution < 1.29 is 4.79 Å². The molecule has 0 aliphatic carbocycles. The van der Waals surface area contributed by atoms with E-state index in [1.807, 2.05) is 37.3 Å².